The second-order valence-electron chi connectivity index (χ2n) is 8.04. The molecule has 2 saturated heterocycles. The summed E-state index contributed by atoms with van der Waals surface area (Å²) in [5, 5.41) is 8.90. The van der Waals surface area contributed by atoms with E-state index in [1.54, 1.807) is 0 Å². The van der Waals surface area contributed by atoms with E-state index < -0.39 is 18.3 Å². The maximum atomic E-state index is 8.90. The van der Waals surface area contributed by atoms with Gasteiger partial charge in [-0.25, -0.2) is 0 Å². The molecule has 0 bridgehead atoms. The monoisotopic (exact) mass is 388 g/mol. The normalized spacial score (nSPS) is 21.3. The third kappa shape index (κ3) is 4.79. The van der Waals surface area contributed by atoms with E-state index in [1.807, 2.05) is 52.0 Å². The number of benzene rings is 1. The summed E-state index contributed by atoms with van der Waals surface area (Å²) in [7, 11) is -0.489. The molecule has 0 amide bonds. The summed E-state index contributed by atoms with van der Waals surface area (Å²) < 4.78 is 29.1. The molecule has 28 heavy (non-hydrogen) atoms. The van der Waals surface area contributed by atoms with E-state index in [-0.39, 0.29) is 6.61 Å². The van der Waals surface area contributed by atoms with E-state index in [0.717, 1.165) is 38.3 Å². The van der Waals surface area contributed by atoms with Crippen LogP contribution in [0.4, 0.5) is 0 Å². The van der Waals surface area contributed by atoms with Crippen LogP contribution in [0.1, 0.15) is 27.7 Å². The molecule has 2 heterocycles. The third-order valence-electron chi connectivity index (χ3n) is 5.55. The van der Waals surface area contributed by atoms with Gasteiger partial charge in [0.15, 0.2) is 18.1 Å². The minimum absolute atomic E-state index is 0.0490. The lowest BCUT2D eigenvalue weighted by Crippen LogP contribution is -2.41. The van der Waals surface area contributed by atoms with Crippen LogP contribution >= 0.6 is 0 Å². The Bertz CT molecular complexity index is 697. The van der Waals surface area contributed by atoms with Crippen LogP contribution in [0.15, 0.2) is 18.2 Å². The molecular formula is C20H29BN2O5. The average Bonchev–Trinajstić information content (AvgIpc) is 2.89. The van der Waals surface area contributed by atoms with Gasteiger partial charge in [-0.05, 0) is 45.3 Å². The Morgan fingerprint density at radius 2 is 1.75 bits per heavy atom. The number of hydrogen-bond donors (Lipinski definition) is 0. The summed E-state index contributed by atoms with van der Waals surface area (Å²) >= 11 is 0. The third-order valence-corrected chi connectivity index (χ3v) is 5.55. The van der Waals surface area contributed by atoms with Gasteiger partial charge in [-0.2, -0.15) is 5.26 Å². The second-order valence-corrected chi connectivity index (χ2v) is 8.04. The summed E-state index contributed by atoms with van der Waals surface area (Å²) in [6, 6.07) is 7.62. The molecular weight excluding hydrogens is 359 g/mol. The first-order chi connectivity index (χ1) is 13.3. The molecule has 1 aromatic carbocycles. The number of hydrogen-bond acceptors (Lipinski definition) is 7. The quantitative estimate of drug-likeness (QED) is 0.657. The van der Waals surface area contributed by atoms with Crippen molar-refractivity contribution >= 4 is 12.6 Å². The molecule has 0 radical (unpaired) electrons. The van der Waals surface area contributed by atoms with E-state index in [1.165, 1.54) is 0 Å². The fraction of sp³-hybridized carbons (Fsp3) is 0.650. The smallest absolute Gasteiger partial charge is 0.488 e. The SMILES string of the molecule is CC1(C)OB(c2ccc(OCCN3CCOCC3)c(OCC#N)c2)OC1(C)C. The fourth-order valence-corrected chi connectivity index (χ4v) is 3.10. The maximum Gasteiger partial charge on any atom is 0.494 e. The van der Waals surface area contributed by atoms with Crippen LogP contribution in [0.5, 0.6) is 11.5 Å². The van der Waals surface area contributed by atoms with Gasteiger partial charge in [0.2, 0.25) is 0 Å². The van der Waals surface area contributed by atoms with Crippen molar-refractivity contribution in [1.82, 2.24) is 4.90 Å². The molecule has 0 spiro atoms. The first kappa shape index (κ1) is 20.9. The average molecular weight is 388 g/mol. The van der Waals surface area contributed by atoms with Crippen LogP contribution in [0.25, 0.3) is 0 Å². The van der Waals surface area contributed by atoms with Gasteiger partial charge in [-0.3, -0.25) is 4.90 Å². The Hall–Kier alpha value is -1.79. The van der Waals surface area contributed by atoms with Gasteiger partial charge >= 0.3 is 7.12 Å². The summed E-state index contributed by atoms with van der Waals surface area (Å²) in [6.07, 6.45) is 0. The van der Waals surface area contributed by atoms with Crippen molar-refractivity contribution < 1.29 is 23.5 Å². The van der Waals surface area contributed by atoms with E-state index in [2.05, 4.69) is 4.90 Å². The Labute approximate surface area is 167 Å². The molecule has 7 nitrogen and oxygen atoms in total. The van der Waals surface area contributed by atoms with E-state index >= 15 is 0 Å². The molecule has 0 N–H and O–H groups in total. The van der Waals surface area contributed by atoms with Crippen molar-refractivity contribution in [3.8, 4) is 17.6 Å². The van der Waals surface area contributed by atoms with Crippen LogP contribution in [-0.4, -0.2) is 69.3 Å². The molecule has 0 atom stereocenters. The van der Waals surface area contributed by atoms with Gasteiger partial charge in [-0.1, -0.05) is 6.07 Å². The summed E-state index contributed by atoms with van der Waals surface area (Å²) in [5.41, 5.74) is 0.00395. The highest BCUT2D eigenvalue weighted by Gasteiger charge is 2.51. The topological polar surface area (TPSA) is 73.2 Å². The van der Waals surface area contributed by atoms with Crippen LogP contribution in [0, 0.1) is 11.3 Å². The molecule has 2 aliphatic heterocycles. The van der Waals surface area contributed by atoms with Gasteiger partial charge in [0, 0.05) is 19.6 Å². The molecule has 0 aliphatic carbocycles. The lowest BCUT2D eigenvalue weighted by Gasteiger charge is -2.32. The Balaban J connectivity index is 1.68. The van der Waals surface area contributed by atoms with Crippen molar-refractivity contribution in [2.75, 3.05) is 46.1 Å². The van der Waals surface area contributed by atoms with Crippen molar-refractivity contribution in [3.05, 3.63) is 18.2 Å². The largest absolute Gasteiger partial charge is 0.494 e. The maximum absolute atomic E-state index is 8.90. The van der Waals surface area contributed by atoms with Crippen molar-refractivity contribution in [2.45, 2.75) is 38.9 Å². The Morgan fingerprint density at radius 3 is 2.39 bits per heavy atom. The number of ether oxygens (including phenoxy) is 3. The van der Waals surface area contributed by atoms with E-state index in [9.17, 15) is 0 Å². The van der Waals surface area contributed by atoms with Crippen molar-refractivity contribution in [1.29, 1.82) is 5.26 Å². The minimum Gasteiger partial charge on any atom is -0.488 e. The molecule has 2 fully saturated rings. The number of nitriles is 1. The highest BCUT2D eigenvalue weighted by Crippen LogP contribution is 2.37. The van der Waals surface area contributed by atoms with Gasteiger partial charge in [0.05, 0.1) is 24.4 Å². The molecule has 1 aromatic rings. The minimum atomic E-state index is -0.489. The zero-order chi connectivity index (χ0) is 20.2. The zero-order valence-corrected chi connectivity index (χ0v) is 17.2. The molecule has 3 rings (SSSR count). The standard InChI is InChI=1S/C20H29BN2O5/c1-19(2)20(3,4)28-21(27-19)16-5-6-17(18(15-16)25-11-7-22)26-14-10-23-8-12-24-13-9-23/h5-6,15H,8-14H2,1-4H3. The number of rotatable bonds is 7. The summed E-state index contributed by atoms with van der Waals surface area (Å²) in [4.78, 5) is 2.30. The van der Waals surface area contributed by atoms with Crippen molar-refractivity contribution in [3.63, 3.8) is 0 Å². The first-order valence-corrected chi connectivity index (χ1v) is 9.75. The highest BCUT2D eigenvalue weighted by molar-refractivity contribution is 6.62. The first-order valence-electron chi connectivity index (χ1n) is 9.75. The molecule has 0 saturated carbocycles. The highest BCUT2D eigenvalue weighted by atomic mass is 16.7. The van der Waals surface area contributed by atoms with Gasteiger partial charge in [-0.15, -0.1) is 0 Å². The van der Waals surface area contributed by atoms with Gasteiger partial charge in [0.25, 0.3) is 0 Å². The van der Waals surface area contributed by atoms with Crippen LogP contribution in [0.3, 0.4) is 0 Å². The van der Waals surface area contributed by atoms with Crippen molar-refractivity contribution in [2.24, 2.45) is 0 Å². The second kappa shape index (κ2) is 8.70. The summed E-state index contributed by atoms with van der Waals surface area (Å²) in [5.74, 6) is 1.14. The Kier molecular flexibility index (Phi) is 6.51. The predicted molar refractivity (Wildman–Crippen MR) is 106 cm³/mol. The van der Waals surface area contributed by atoms with Crippen LogP contribution in [0.2, 0.25) is 0 Å². The van der Waals surface area contributed by atoms with Gasteiger partial charge < -0.3 is 23.5 Å². The van der Waals surface area contributed by atoms with Gasteiger partial charge in [0.1, 0.15) is 12.7 Å². The zero-order valence-electron chi connectivity index (χ0n) is 17.2. The van der Waals surface area contributed by atoms with E-state index in [4.69, 9.17) is 28.8 Å². The van der Waals surface area contributed by atoms with Crippen LogP contribution < -0.4 is 14.9 Å². The fourth-order valence-electron chi connectivity index (χ4n) is 3.10. The summed E-state index contributed by atoms with van der Waals surface area (Å²) in [6.45, 7) is 12.7. The predicted octanol–water partition coefficient (Wildman–Crippen LogP) is 1.60. The van der Waals surface area contributed by atoms with E-state index in [0.29, 0.717) is 18.1 Å². The lowest BCUT2D eigenvalue weighted by atomic mass is 9.79. The lowest BCUT2D eigenvalue weighted by molar-refractivity contribution is 0.00578. The molecule has 0 unspecified atom stereocenters. The molecule has 8 heteroatoms. The molecule has 2 aliphatic rings. The number of nitrogens with zero attached hydrogens (tertiary/aromatic N) is 2. The molecule has 152 valence electrons. The van der Waals surface area contributed by atoms with Crippen LogP contribution in [-0.2, 0) is 14.0 Å². The molecule has 0 aromatic heterocycles. The Morgan fingerprint density at radius 1 is 1.07 bits per heavy atom. The number of morpholine rings is 1.